The number of amides is 2. The Bertz CT molecular complexity index is 1420. The molecule has 3 heterocycles. The average Bonchev–Trinajstić information content (AvgIpc) is 3.34. The molecule has 0 radical (unpaired) electrons. The number of anilines is 1. The molecule has 0 saturated heterocycles. The first-order valence-electron chi connectivity index (χ1n) is 8.99. The van der Waals surface area contributed by atoms with E-state index in [0.29, 0.717) is 11.1 Å². The smallest absolute Gasteiger partial charge is 0.357 e. The lowest BCUT2D eigenvalue weighted by Gasteiger charge is -2.10. The Morgan fingerprint density at radius 2 is 1.97 bits per heavy atom. The van der Waals surface area contributed by atoms with Gasteiger partial charge in [0.15, 0.2) is 5.69 Å². The molecule has 0 aliphatic carbocycles. The summed E-state index contributed by atoms with van der Waals surface area (Å²) in [6, 6.07) is 9.65. The molecule has 0 atom stereocenters. The first kappa shape index (κ1) is 22.4. The monoisotopic (exact) mass is 536 g/mol. The number of benzene rings is 1. The third-order valence-corrected chi connectivity index (χ3v) is 6.39. The number of H-pyrrole nitrogens is 1. The second-order valence-electron chi connectivity index (χ2n) is 6.56. The maximum absolute atomic E-state index is 13.5. The molecule has 1 aromatic carbocycles. The van der Waals surface area contributed by atoms with Crippen molar-refractivity contribution in [2.75, 3.05) is 5.32 Å². The van der Waals surface area contributed by atoms with Gasteiger partial charge < -0.3 is 21.2 Å². The number of aromatic amines is 1. The third kappa shape index (κ3) is 4.05. The summed E-state index contributed by atoms with van der Waals surface area (Å²) in [6.07, 6.45) is -2.88. The van der Waals surface area contributed by atoms with E-state index in [1.54, 1.807) is 30.3 Å². The average molecular weight is 537 g/mol. The quantitative estimate of drug-likeness (QED) is 0.240. The number of carbonyl (C=O) groups excluding carboxylic acids is 2. The second kappa shape index (κ2) is 8.63. The number of carbonyl (C=O) groups is 2. The van der Waals surface area contributed by atoms with E-state index >= 15 is 0 Å². The summed E-state index contributed by atoms with van der Waals surface area (Å²) in [4.78, 5) is 39.1. The van der Waals surface area contributed by atoms with Crippen LogP contribution in [-0.4, -0.2) is 31.9 Å². The van der Waals surface area contributed by atoms with Crippen LogP contribution in [0.3, 0.4) is 0 Å². The topological polar surface area (TPSA) is 157 Å². The Morgan fingerprint density at radius 3 is 2.55 bits per heavy atom. The fraction of sp³-hybridized carbons (Fsp3) is 0.0526. The molecule has 4 rings (SSSR count). The molecule has 0 saturated carbocycles. The van der Waals surface area contributed by atoms with Crippen LogP contribution in [0, 0.1) is 10.1 Å². The first-order valence-corrected chi connectivity index (χ1v) is 10.6. The van der Waals surface area contributed by atoms with Crippen LogP contribution >= 0.6 is 27.3 Å². The van der Waals surface area contributed by atoms with Gasteiger partial charge in [-0.25, -0.2) is 13.8 Å². The van der Waals surface area contributed by atoms with Crippen LogP contribution < -0.4 is 11.1 Å². The summed E-state index contributed by atoms with van der Waals surface area (Å²) in [5.41, 5.74) is 5.38. The minimum Gasteiger partial charge on any atom is -0.365 e. The number of hydrogen-bond donors (Lipinski definition) is 3. The van der Waals surface area contributed by atoms with Gasteiger partial charge in [0.25, 0.3) is 18.2 Å². The van der Waals surface area contributed by atoms with Crippen molar-refractivity contribution >= 4 is 60.8 Å². The van der Waals surface area contributed by atoms with Crippen molar-refractivity contribution in [1.29, 1.82) is 0 Å². The maximum Gasteiger partial charge on any atom is 0.357 e. The van der Waals surface area contributed by atoms with Gasteiger partial charge in [-0.15, -0.1) is 16.4 Å². The number of nitrogens with one attached hydrogen (secondary N) is 2. The Morgan fingerprint density at radius 1 is 1.27 bits per heavy atom. The van der Waals surface area contributed by atoms with Gasteiger partial charge in [0.05, 0.1) is 5.69 Å². The predicted molar refractivity (Wildman–Crippen MR) is 119 cm³/mol. The lowest BCUT2D eigenvalue weighted by molar-refractivity contribution is -0.390. The van der Waals surface area contributed by atoms with Crippen molar-refractivity contribution in [2.24, 2.45) is 5.73 Å². The van der Waals surface area contributed by atoms with Crippen LogP contribution in [0.1, 0.15) is 32.3 Å². The second-order valence-corrected chi connectivity index (χ2v) is 8.35. The largest absolute Gasteiger partial charge is 0.365 e. The molecule has 4 N–H and O–H groups in total. The SMILES string of the molecule is NC(=O)c1sc2nc(C(F)F)cc(-c3ccccc3)c2c1NC(=O)c1n[nH]c([N+](=O)[O-])c1Br. The molecular weight excluding hydrogens is 526 g/mol. The number of alkyl halides is 2. The van der Waals surface area contributed by atoms with E-state index in [0.717, 1.165) is 11.3 Å². The Kier molecular flexibility index (Phi) is 5.86. The van der Waals surface area contributed by atoms with E-state index in [4.69, 9.17) is 5.73 Å². The van der Waals surface area contributed by atoms with E-state index in [1.165, 1.54) is 6.07 Å². The maximum atomic E-state index is 13.5. The van der Waals surface area contributed by atoms with Gasteiger partial charge in [-0.1, -0.05) is 35.4 Å². The van der Waals surface area contributed by atoms with Gasteiger partial charge in [-0.3, -0.25) is 9.59 Å². The van der Waals surface area contributed by atoms with Crippen LogP contribution in [-0.2, 0) is 0 Å². The van der Waals surface area contributed by atoms with E-state index < -0.39 is 34.7 Å². The van der Waals surface area contributed by atoms with Crippen molar-refractivity contribution < 1.29 is 23.3 Å². The van der Waals surface area contributed by atoms with Gasteiger partial charge in [0.2, 0.25) is 0 Å². The highest BCUT2D eigenvalue weighted by Gasteiger charge is 2.29. The zero-order chi connectivity index (χ0) is 23.9. The van der Waals surface area contributed by atoms with Crippen LogP contribution in [0.2, 0.25) is 0 Å². The zero-order valence-corrected chi connectivity index (χ0v) is 18.5. The normalized spacial score (nSPS) is 11.2. The van der Waals surface area contributed by atoms with Crippen LogP contribution in [0.5, 0.6) is 0 Å². The van der Waals surface area contributed by atoms with Crippen molar-refractivity contribution in [1.82, 2.24) is 15.2 Å². The fourth-order valence-electron chi connectivity index (χ4n) is 3.13. The summed E-state index contributed by atoms with van der Waals surface area (Å²) >= 11 is 3.69. The van der Waals surface area contributed by atoms with E-state index in [9.17, 15) is 28.5 Å². The number of primary amides is 1. The molecule has 0 fully saturated rings. The van der Waals surface area contributed by atoms with Gasteiger partial charge in [0, 0.05) is 5.39 Å². The molecular formula is C19H11BrF2N6O4S. The van der Waals surface area contributed by atoms with E-state index in [2.05, 4.69) is 36.4 Å². The zero-order valence-electron chi connectivity index (χ0n) is 16.1. The number of nitrogens with zero attached hydrogens (tertiary/aromatic N) is 3. The number of rotatable bonds is 6. The molecule has 2 amide bonds. The van der Waals surface area contributed by atoms with Gasteiger partial charge >= 0.3 is 5.82 Å². The highest BCUT2D eigenvalue weighted by molar-refractivity contribution is 9.10. The van der Waals surface area contributed by atoms with E-state index in [1.807, 2.05) is 0 Å². The van der Waals surface area contributed by atoms with Gasteiger partial charge in [-0.2, -0.15) is 0 Å². The number of aromatic nitrogens is 3. The molecule has 3 aromatic heterocycles. The van der Waals surface area contributed by atoms with E-state index in [-0.39, 0.29) is 30.9 Å². The number of hydrogen-bond acceptors (Lipinski definition) is 7. The third-order valence-electron chi connectivity index (χ3n) is 4.54. The lowest BCUT2D eigenvalue weighted by Crippen LogP contribution is -2.17. The summed E-state index contributed by atoms with van der Waals surface area (Å²) in [5, 5.41) is 19.5. The molecule has 0 unspecified atom stereocenters. The molecule has 4 aromatic rings. The van der Waals surface area contributed by atoms with Gasteiger partial charge in [0.1, 0.15) is 19.9 Å². The summed E-state index contributed by atoms with van der Waals surface area (Å²) in [5.74, 6) is -2.36. The Labute approximate surface area is 195 Å². The van der Waals surface area contributed by atoms with Crippen LogP contribution in [0.4, 0.5) is 20.3 Å². The standard InChI is InChI=1S/C19H11BrF2N6O4S/c20-11-13(26-27-17(11)28(31)32)18(30)25-12-10-8(7-4-2-1-3-5-7)6-9(15(21)22)24-19(10)33-14(12)16(23)29/h1-6,15H,(H2,23,29)(H,25,30)(H,26,27). The van der Waals surface area contributed by atoms with Crippen LogP contribution in [0.25, 0.3) is 21.3 Å². The van der Waals surface area contributed by atoms with Crippen molar-refractivity contribution in [2.45, 2.75) is 6.43 Å². The molecule has 0 bridgehead atoms. The van der Waals surface area contributed by atoms with Crippen molar-refractivity contribution in [3.63, 3.8) is 0 Å². The molecule has 0 aliphatic rings. The number of halogens is 3. The summed E-state index contributed by atoms with van der Waals surface area (Å²) in [6.45, 7) is 0. The lowest BCUT2D eigenvalue weighted by atomic mass is 10.0. The highest BCUT2D eigenvalue weighted by atomic mass is 79.9. The summed E-state index contributed by atoms with van der Waals surface area (Å²) in [7, 11) is 0. The first-order chi connectivity index (χ1) is 15.7. The molecule has 33 heavy (non-hydrogen) atoms. The molecule has 14 heteroatoms. The molecule has 0 aliphatic heterocycles. The molecule has 168 valence electrons. The fourth-order valence-corrected chi connectivity index (χ4v) is 4.65. The van der Waals surface area contributed by atoms with Crippen molar-refractivity contribution in [3.05, 3.63) is 67.3 Å². The number of fused-ring (bicyclic) bond motifs is 1. The number of nitrogens with two attached hydrogens (primary N) is 1. The van der Waals surface area contributed by atoms with Crippen molar-refractivity contribution in [3.8, 4) is 11.1 Å². The van der Waals surface area contributed by atoms with Crippen LogP contribution in [0.15, 0.2) is 40.9 Å². The molecule has 0 spiro atoms. The number of nitro groups is 1. The Hall–Kier alpha value is -3.78. The predicted octanol–water partition coefficient (Wildman–Crippen LogP) is 4.65. The number of pyridine rings is 1. The highest BCUT2D eigenvalue weighted by Crippen LogP contribution is 2.42. The minimum atomic E-state index is -2.88. The molecule has 10 nitrogen and oxygen atoms in total. The Balaban J connectivity index is 1.93. The van der Waals surface area contributed by atoms with Gasteiger partial charge in [-0.05, 0) is 38.0 Å². The minimum absolute atomic E-state index is 0.0581. The number of thiophene rings is 1. The summed E-state index contributed by atoms with van der Waals surface area (Å²) < 4.78 is 26.8.